The summed E-state index contributed by atoms with van der Waals surface area (Å²) in [5.74, 6) is -0.350. The molecule has 0 aliphatic heterocycles. The van der Waals surface area contributed by atoms with Crippen molar-refractivity contribution in [2.45, 2.75) is 19.4 Å². The molecule has 0 radical (unpaired) electrons. The maximum Gasteiger partial charge on any atom is 0.313 e. The summed E-state index contributed by atoms with van der Waals surface area (Å²) < 4.78 is 4.55. The number of rotatable bonds is 3. The predicted molar refractivity (Wildman–Crippen MR) is 57.2 cm³/mol. The highest BCUT2D eigenvalue weighted by Gasteiger charge is 2.20. The molecule has 0 saturated heterocycles. The van der Waals surface area contributed by atoms with Gasteiger partial charge in [-0.15, -0.1) is 0 Å². The molecule has 0 N–H and O–H groups in total. The van der Waals surface area contributed by atoms with Crippen molar-refractivity contribution in [3.63, 3.8) is 0 Å². The maximum absolute atomic E-state index is 11.1. The van der Waals surface area contributed by atoms with Crippen LogP contribution in [-0.2, 0) is 9.53 Å². The molecule has 0 aliphatic rings. The summed E-state index contributed by atoms with van der Waals surface area (Å²) in [6.45, 7) is 9.02. The van der Waals surface area contributed by atoms with E-state index in [-0.39, 0.29) is 12.4 Å². The molecule has 0 spiro atoms. The Bertz CT molecular complexity index is 376. The number of hydrogen-bond acceptors (Lipinski definition) is 2. The summed E-state index contributed by atoms with van der Waals surface area (Å²) in [5, 5.41) is 0. The van der Waals surface area contributed by atoms with Crippen LogP contribution in [0.3, 0.4) is 0 Å². The molecule has 1 atom stereocenters. The van der Waals surface area contributed by atoms with Crippen LogP contribution in [0.2, 0.25) is 0 Å². The van der Waals surface area contributed by atoms with Crippen molar-refractivity contribution in [1.82, 2.24) is 0 Å². The van der Waals surface area contributed by atoms with Gasteiger partial charge in [-0.3, -0.25) is 4.79 Å². The van der Waals surface area contributed by atoms with Crippen LogP contribution < -0.4 is 0 Å². The lowest BCUT2D eigenvalue weighted by Crippen LogP contribution is -2.05. The Morgan fingerprint density at radius 1 is 1.47 bits per heavy atom. The van der Waals surface area contributed by atoms with E-state index in [0.29, 0.717) is 0 Å². The molecule has 1 aromatic carbocycles. The van der Waals surface area contributed by atoms with Gasteiger partial charge in [-0.1, -0.05) is 29.8 Å². The molecule has 1 aromatic rings. The molecule has 3 heteroatoms. The fraction of sp³-hybridized carbons (Fsp3) is 0.333. The predicted octanol–water partition coefficient (Wildman–Crippen LogP) is 2.52. The minimum atomic E-state index is -0.432. The second-order valence-corrected chi connectivity index (χ2v) is 3.34. The molecule has 0 heterocycles. The van der Waals surface area contributed by atoms with Gasteiger partial charge in [0.15, 0.2) is 0 Å². The third-order valence-corrected chi connectivity index (χ3v) is 2.21. The third-order valence-electron chi connectivity index (χ3n) is 2.21. The first-order valence-electron chi connectivity index (χ1n) is 4.67. The number of esters is 1. The van der Waals surface area contributed by atoms with E-state index in [9.17, 15) is 4.79 Å². The van der Waals surface area contributed by atoms with Crippen LogP contribution >= 0.6 is 0 Å². The van der Waals surface area contributed by atoms with Gasteiger partial charge in [0.1, 0.15) is 6.42 Å². The number of benzene rings is 1. The number of aryl methyl sites for hydroxylation is 1. The molecular formula is C12H13NO2. The molecule has 0 amide bonds. The summed E-state index contributed by atoms with van der Waals surface area (Å²) in [6, 6.07) is 7.19. The van der Waals surface area contributed by atoms with E-state index in [1.807, 2.05) is 31.2 Å². The van der Waals surface area contributed by atoms with Crippen molar-refractivity contribution in [3.05, 3.63) is 46.8 Å². The molecule has 1 rings (SSSR count). The van der Waals surface area contributed by atoms with Gasteiger partial charge >= 0.3 is 5.97 Å². The van der Waals surface area contributed by atoms with Gasteiger partial charge in [0.05, 0.1) is 7.11 Å². The number of hydrogen-bond donors (Lipinski definition) is 0. The first-order valence-corrected chi connectivity index (χ1v) is 4.67. The maximum atomic E-state index is 11.1. The third kappa shape index (κ3) is 3.10. The van der Waals surface area contributed by atoms with Crippen LogP contribution in [0.25, 0.3) is 4.85 Å². The van der Waals surface area contributed by atoms with Crippen molar-refractivity contribution in [3.8, 4) is 0 Å². The SMILES string of the molecule is [C-]#[N+]C(CC(=O)OC)c1ccc(C)cc1. The molecular weight excluding hydrogens is 190 g/mol. The summed E-state index contributed by atoms with van der Waals surface area (Å²) in [6.07, 6.45) is 0.114. The number of nitrogens with zero attached hydrogens (tertiary/aromatic N) is 1. The molecule has 0 bridgehead atoms. The molecule has 1 unspecified atom stereocenters. The highest BCUT2D eigenvalue weighted by molar-refractivity contribution is 5.70. The lowest BCUT2D eigenvalue weighted by atomic mass is 10.0. The number of carbonyl (C=O) groups excluding carboxylic acids is 1. The Morgan fingerprint density at radius 3 is 2.53 bits per heavy atom. The molecule has 0 saturated carbocycles. The van der Waals surface area contributed by atoms with Crippen LogP contribution in [0.5, 0.6) is 0 Å². The van der Waals surface area contributed by atoms with Gasteiger partial charge in [0, 0.05) is 5.56 Å². The zero-order valence-corrected chi connectivity index (χ0v) is 8.86. The second kappa shape index (κ2) is 5.16. The first kappa shape index (κ1) is 11.3. The smallest absolute Gasteiger partial charge is 0.313 e. The van der Waals surface area contributed by atoms with E-state index < -0.39 is 6.04 Å². The molecule has 78 valence electrons. The van der Waals surface area contributed by atoms with E-state index in [2.05, 4.69) is 9.58 Å². The van der Waals surface area contributed by atoms with Gasteiger partial charge in [0.25, 0.3) is 6.04 Å². The van der Waals surface area contributed by atoms with Gasteiger partial charge in [0.2, 0.25) is 0 Å². The van der Waals surface area contributed by atoms with Gasteiger partial charge in [-0.2, -0.15) is 0 Å². The molecule has 0 aliphatic carbocycles. The molecule has 0 fully saturated rings. The number of carbonyl (C=O) groups is 1. The Labute approximate surface area is 89.5 Å². The summed E-state index contributed by atoms with van der Waals surface area (Å²) in [4.78, 5) is 14.5. The van der Waals surface area contributed by atoms with E-state index in [1.165, 1.54) is 7.11 Å². The molecule has 3 nitrogen and oxygen atoms in total. The first-order chi connectivity index (χ1) is 7.17. The van der Waals surface area contributed by atoms with Gasteiger partial charge < -0.3 is 9.58 Å². The summed E-state index contributed by atoms with van der Waals surface area (Å²) in [7, 11) is 1.33. The van der Waals surface area contributed by atoms with E-state index in [0.717, 1.165) is 11.1 Å². The number of ether oxygens (including phenoxy) is 1. The average Bonchev–Trinajstić information content (AvgIpc) is 2.27. The number of methoxy groups -OCH3 is 1. The minimum Gasteiger partial charge on any atom is -0.469 e. The summed E-state index contributed by atoms with van der Waals surface area (Å²) in [5.41, 5.74) is 2.00. The Morgan fingerprint density at radius 2 is 2.07 bits per heavy atom. The van der Waals surface area contributed by atoms with E-state index in [4.69, 9.17) is 6.57 Å². The van der Waals surface area contributed by atoms with Crippen LogP contribution in [-0.4, -0.2) is 13.1 Å². The fourth-order valence-electron chi connectivity index (χ4n) is 1.27. The van der Waals surface area contributed by atoms with E-state index >= 15 is 0 Å². The Balaban J connectivity index is 2.80. The van der Waals surface area contributed by atoms with Crippen molar-refractivity contribution in [2.24, 2.45) is 0 Å². The standard InChI is InChI=1S/C12H13NO2/c1-9-4-6-10(7-5-9)11(13-2)8-12(14)15-3/h4-7,11H,8H2,1,3H3. The molecule has 15 heavy (non-hydrogen) atoms. The topological polar surface area (TPSA) is 30.7 Å². The van der Waals surface area contributed by atoms with Gasteiger partial charge in [-0.05, 0) is 6.92 Å². The van der Waals surface area contributed by atoms with Crippen LogP contribution in [0.15, 0.2) is 24.3 Å². The fourth-order valence-corrected chi connectivity index (χ4v) is 1.27. The van der Waals surface area contributed by atoms with Crippen molar-refractivity contribution in [2.75, 3.05) is 7.11 Å². The van der Waals surface area contributed by atoms with Crippen molar-refractivity contribution in [1.29, 1.82) is 0 Å². The Hall–Kier alpha value is -1.82. The molecule has 0 aromatic heterocycles. The Kier molecular flexibility index (Phi) is 3.87. The second-order valence-electron chi connectivity index (χ2n) is 3.34. The lowest BCUT2D eigenvalue weighted by molar-refractivity contribution is -0.140. The van der Waals surface area contributed by atoms with E-state index in [1.54, 1.807) is 0 Å². The zero-order valence-electron chi connectivity index (χ0n) is 8.86. The van der Waals surface area contributed by atoms with Crippen LogP contribution in [0, 0.1) is 13.5 Å². The van der Waals surface area contributed by atoms with Crippen molar-refractivity contribution < 1.29 is 9.53 Å². The lowest BCUT2D eigenvalue weighted by Gasteiger charge is -2.04. The quantitative estimate of drug-likeness (QED) is 0.558. The van der Waals surface area contributed by atoms with Gasteiger partial charge in [-0.25, -0.2) is 6.57 Å². The zero-order chi connectivity index (χ0) is 11.3. The summed E-state index contributed by atoms with van der Waals surface area (Å²) >= 11 is 0. The monoisotopic (exact) mass is 203 g/mol. The van der Waals surface area contributed by atoms with Crippen LogP contribution in [0.1, 0.15) is 23.6 Å². The van der Waals surface area contributed by atoms with Crippen molar-refractivity contribution >= 4 is 5.97 Å². The normalized spacial score (nSPS) is 11.5. The highest BCUT2D eigenvalue weighted by Crippen LogP contribution is 2.21. The van der Waals surface area contributed by atoms with Crippen LogP contribution in [0.4, 0.5) is 0 Å². The highest BCUT2D eigenvalue weighted by atomic mass is 16.5. The average molecular weight is 203 g/mol. The largest absolute Gasteiger partial charge is 0.469 e. The minimum absolute atomic E-state index is 0.114.